The summed E-state index contributed by atoms with van der Waals surface area (Å²) in [7, 11) is -4.25. The third-order valence-electron chi connectivity index (χ3n) is 4.54. The Kier molecular flexibility index (Phi) is 5.43. The lowest BCUT2D eigenvalue weighted by atomic mass is 10.1. The zero-order chi connectivity index (χ0) is 22.9. The summed E-state index contributed by atoms with van der Waals surface area (Å²) in [5.74, 6) is 0.390. The average molecular weight is 464 g/mol. The molecule has 1 heterocycles. The Balaban J connectivity index is 1.56. The van der Waals surface area contributed by atoms with Crippen molar-refractivity contribution in [3.63, 3.8) is 0 Å². The number of sulfonamides is 1. The normalized spacial score (nSPS) is 13.0. The second-order valence-electron chi connectivity index (χ2n) is 6.70. The smallest absolute Gasteiger partial charge is 0.416 e. The molecule has 1 aliphatic heterocycles. The molecule has 0 bridgehead atoms. The number of anilines is 2. The molecule has 0 spiro atoms. The second kappa shape index (κ2) is 8.08. The van der Waals surface area contributed by atoms with E-state index in [2.05, 4.69) is 10.0 Å². The Morgan fingerprint density at radius 2 is 1.59 bits per heavy atom. The van der Waals surface area contributed by atoms with Crippen molar-refractivity contribution >= 4 is 27.3 Å². The van der Waals surface area contributed by atoms with Crippen LogP contribution in [0.5, 0.6) is 11.5 Å². The number of carbonyl (C=O) groups is 1. The molecular formula is C21H15F3N2O5S. The van der Waals surface area contributed by atoms with Crippen LogP contribution in [0.3, 0.4) is 0 Å². The van der Waals surface area contributed by atoms with Crippen LogP contribution in [0.2, 0.25) is 0 Å². The van der Waals surface area contributed by atoms with Gasteiger partial charge in [0.15, 0.2) is 11.5 Å². The Hall–Kier alpha value is -3.73. The maximum atomic E-state index is 12.8. The molecule has 0 saturated heterocycles. The quantitative estimate of drug-likeness (QED) is 0.581. The van der Waals surface area contributed by atoms with Gasteiger partial charge in [0.2, 0.25) is 6.79 Å². The number of carbonyl (C=O) groups excluding carboxylic acids is 1. The van der Waals surface area contributed by atoms with Crippen LogP contribution >= 0.6 is 0 Å². The van der Waals surface area contributed by atoms with Gasteiger partial charge >= 0.3 is 6.18 Å². The fourth-order valence-corrected chi connectivity index (χ4v) is 4.05. The fourth-order valence-electron chi connectivity index (χ4n) is 2.97. The minimum atomic E-state index is -4.59. The van der Waals surface area contributed by atoms with Crippen LogP contribution in [0.4, 0.5) is 24.5 Å². The van der Waals surface area contributed by atoms with Gasteiger partial charge in [0.05, 0.1) is 21.7 Å². The van der Waals surface area contributed by atoms with Gasteiger partial charge in [0, 0.05) is 11.8 Å². The van der Waals surface area contributed by atoms with Gasteiger partial charge in [-0.1, -0.05) is 12.1 Å². The summed E-state index contributed by atoms with van der Waals surface area (Å²) in [5.41, 5.74) is -0.592. The van der Waals surface area contributed by atoms with Crippen LogP contribution in [0.25, 0.3) is 0 Å². The van der Waals surface area contributed by atoms with E-state index in [1.54, 1.807) is 24.3 Å². The van der Waals surface area contributed by atoms with Crippen LogP contribution in [-0.2, 0) is 16.2 Å². The molecule has 0 fully saturated rings. The van der Waals surface area contributed by atoms with Gasteiger partial charge in [-0.15, -0.1) is 0 Å². The molecule has 1 amide bonds. The first-order valence-corrected chi connectivity index (χ1v) is 10.6. The fraction of sp³-hybridized carbons (Fsp3) is 0.0952. The van der Waals surface area contributed by atoms with Crippen molar-refractivity contribution in [1.29, 1.82) is 0 Å². The SMILES string of the molecule is O=C(Nc1ccc2c(c1)OCO2)c1ccccc1NS(=O)(=O)c1ccc(C(F)(F)F)cc1. The summed E-state index contributed by atoms with van der Waals surface area (Å²) in [5, 5.41) is 2.64. The molecule has 0 atom stereocenters. The molecule has 0 aliphatic carbocycles. The van der Waals surface area contributed by atoms with E-state index in [-0.39, 0.29) is 22.9 Å². The lowest BCUT2D eigenvalue weighted by Gasteiger charge is -2.14. The van der Waals surface area contributed by atoms with Crippen LogP contribution in [-0.4, -0.2) is 21.1 Å². The number of hydrogen-bond acceptors (Lipinski definition) is 5. The number of nitrogens with one attached hydrogen (secondary N) is 2. The largest absolute Gasteiger partial charge is 0.454 e. The highest BCUT2D eigenvalue weighted by Crippen LogP contribution is 2.34. The molecule has 32 heavy (non-hydrogen) atoms. The van der Waals surface area contributed by atoms with Crippen LogP contribution in [0, 0.1) is 0 Å². The summed E-state index contributed by atoms with van der Waals surface area (Å²) in [6.45, 7) is 0.0707. The Labute approximate surface area is 180 Å². The van der Waals surface area contributed by atoms with Gasteiger partial charge in [-0.05, 0) is 48.5 Å². The van der Waals surface area contributed by atoms with Crippen LogP contribution in [0.15, 0.2) is 71.6 Å². The maximum Gasteiger partial charge on any atom is 0.416 e. The van der Waals surface area contributed by atoms with E-state index in [1.807, 2.05) is 0 Å². The molecule has 0 aromatic heterocycles. The molecule has 7 nitrogen and oxygen atoms in total. The maximum absolute atomic E-state index is 12.8. The number of benzene rings is 3. The summed E-state index contributed by atoms with van der Waals surface area (Å²) >= 11 is 0. The van der Waals surface area contributed by atoms with E-state index in [1.165, 1.54) is 18.2 Å². The molecular weight excluding hydrogens is 449 g/mol. The first-order valence-electron chi connectivity index (χ1n) is 9.14. The molecule has 3 aromatic rings. The highest BCUT2D eigenvalue weighted by Gasteiger charge is 2.30. The lowest BCUT2D eigenvalue weighted by Crippen LogP contribution is -2.18. The van der Waals surface area contributed by atoms with E-state index in [0.29, 0.717) is 29.3 Å². The molecule has 2 N–H and O–H groups in total. The third-order valence-corrected chi connectivity index (χ3v) is 5.92. The van der Waals surface area contributed by atoms with Crippen LogP contribution < -0.4 is 19.5 Å². The number of amides is 1. The van der Waals surface area contributed by atoms with Crippen molar-refractivity contribution in [3.05, 3.63) is 77.9 Å². The van der Waals surface area contributed by atoms with Crippen LogP contribution in [0.1, 0.15) is 15.9 Å². The first-order chi connectivity index (χ1) is 15.1. The molecule has 11 heteroatoms. The van der Waals surface area contributed by atoms with Gasteiger partial charge in [-0.2, -0.15) is 13.2 Å². The Morgan fingerprint density at radius 3 is 2.31 bits per heavy atom. The van der Waals surface area contributed by atoms with Gasteiger partial charge in [-0.3, -0.25) is 9.52 Å². The van der Waals surface area contributed by atoms with Gasteiger partial charge in [-0.25, -0.2) is 8.42 Å². The molecule has 0 saturated carbocycles. The standard InChI is InChI=1S/C21H15F3N2O5S/c22-21(23,24)13-5-8-15(9-6-13)32(28,29)26-17-4-2-1-3-16(17)20(27)25-14-7-10-18-19(11-14)31-12-30-18/h1-11,26H,12H2,(H,25,27). The Morgan fingerprint density at radius 1 is 0.906 bits per heavy atom. The number of para-hydroxylation sites is 1. The Bertz CT molecular complexity index is 1280. The average Bonchev–Trinajstić information content (AvgIpc) is 3.21. The zero-order valence-electron chi connectivity index (χ0n) is 16.1. The first kappa shape index (κ1) is 21.5. The van der Waals surface area contributed by atoms with E-state index >= 15 is 0 Å². The zero-order valence-corrected chi connectivity index (χ0v) is 17.0. The summed E-state index contributed by atoms with van der Waals surface area (Å²) in [6, 6.07) is 13.7. The highest BCUT2D eigenvalue weighted by atomic mass is 32.2. The molecule has 1 aliphatic rings. The van der Waals surface area contributed by atoms with Crippen molar-refractivity contribution in [1.82, 2.24) is 0 Å². The summed E-state index contributed by atoms with van der Waals surface area (Å²) in [4.78, 5) is 12.4. The van der Waals surface area contributed by atoms with E-state index in [4.69, 9.17) is 9.47 Å². The van der Waals surface area contributed by atoms with Crippen molar-refractivity contribution < 1.29 is 35.9 Å². The van der Waals surface area contributed by atoms with E-state index < -0.39 is 27.7 Å². The number of fused-ring (bicyclic) bond motifs is 1. The minimum Gasteiger partial charge on any atom is -0.454 e. The van der Waals surface area contributed by atoms with Crippen molar-refractivity contribution in [2.24, 2.45) is 0 Å². The molecule has 3 aromatic carbocycles. The van der Waals surface area contributed by atoms with Crippen molar-refractivity contribution in [3.8, 4) is 11.5 Å². The second-order valence-corrected chi connectivity index (χ2v) is 8.38. The van der Waals surface area contributed by atoms with Crippen molar-refractivity contribution in [2.75, 3.05) is 16.8 Å². The third kappa shape index (κ3) is 4.47. The molecule has 4 rings (SSSR count). The number of hydrogen-bond donors (Lipinski definition) is 2. The predicted octanol–water partition coefficient (Wildman–Crippen LogP) is 4.49. The minimum absolute atomic E-state index is 0.0145. The summed E-state index contributed by atoms with van der Waals surface area (Å²) in [6.07, 6.45) is -4.59. The lowest BCUT2D eigenvalue weighted by molar-refractivity contribution is -0.137. The topological polar surface area (TPSA) is 93.7 Å². The number of rotatable bonds is 5. The molecule has 0 radical (unpaired) electrons. The van der Waals surface area contributed by atoms with Gasteiger partial charge < -0.3 is 14.8 Å². The van der Waals surface area contributed by atoms with E-state index in [0.717, 1.165) is 12.1 Å². The van der Waals surface area contributed by atoms with Crippen molar-refractivity contribution in [2.45, 2.75) is 11.1 Å². The predicted molar refractivity (Wildman–Crippen MR) is 109 cm³/mol. The molecule has 0 unspecified atom stereocenters. The highest BCUT2D eigenvalue weighted by molar-refractivity contribution is 7.92. The number of halogens is 3. The van der Waals surface area contributed by atoms with Gasteiger partial charge in [0.25, 0.3) is 15.9 Å². The monoisotopic (exact) mass is 464 g/mol. The number of alkyl halides is 3. The number of ether oxygens (including phenoxy) is 2. The summed E-state index contributed by atoms with van der Waals surface area (Å²) < 4.78 is 76.3. The van der Waals surface area contributed by atoms with Gasteiger partial charge in [0.1, 0.15) is 0 Å². The van der Waals surface area contributed by atoms with E-state index in [9.17, 15) is 26.4 Å². The molecule has 166 valence electrons.